The van der Waals surface area contributed by atoms with E-state index >= 15 is 0 Å². The first-order valence-corrected chi connectivity index (χ1v) is 7.44. The number of ether oxygens (including phenoxy) is 2. The highest BCUT2D eigenvalue weighted by Gasteiger charge is 2.16. The fourth-order valence-corrected chi connectivity index (χ4v) is 2.37. The molecule has 1 amide bonds. The molecule has 25 heavy (non-hydrogen) atoms. The number of carbonyl (C=O) groups excluding carboxylic acids is 1. The van der Waals surface area contributed by atoms with Crippen molar-refractivity contribution in [2.45, 2.75) is 0 Å². The van der Waals surface area contributed by atoms with Crippen molar-refractivity contribution in [1.29, 1.82) is 0 Å². The third-order valence-electron chi connectivity index (χ3n) is 3.63. The van der Waals surface area contributed by atoms with Crippen LogP contribution in [0, 0.1) is 5.82 Å². The van der Waals surface area contributed by atoms with Gasteiger partial charge in [0, 0.05) is 11.8 Å². The van der Waals surface area contributed by atoms with Crippen LogP contribution in [0.5, 0.6) is 11.5 Å². The lowest BCUT2D eigenvalue weighted by atomic mass is 10.2. The first-order chi connectivity index (χ1) is 12.1. The number of amides is 1. The van der Waals surface area contributed by atoms with Gasteiger partial charge in [-0.05, 0) is 36.4 Å². The second-order valence-corrected chi connectivity index (χ2v) is 5.15. The molecule has 1 heterocycles. The molecule has 2 aromatic carbocycles. The molecule has 0 unspecified atom stereocenters. The van der Waals surface area contributed by atoms with E-state index in [1.807, 2.05) is 0 Å². The fourth-order valence-electron chi connectivity index (χ4n) is 2.37. The van der Waals surface area contributed by atoms with E-state index < -0.39 is 0 Å². The summed E-state index contributed by atoms with van der Waals surface area (Å²) in [7, 11) is 3.05. The number of aromatic nitrogens is 2. The van der Waals surface area contributed by atoms with Gasteiger partial charge in [-0.3, -0.25) is 9.36 Å². The zero-order chi connectivity index (χ0) is 17.8. The Morgan fingerprint density at radius 3 is 2.56 bits per heavy atom. The minimum absolute atomic E-state index is 0.302. The van der Waals surface area contributed by atoms with Gasteiger partial charge in [-0.15, -0.1) is 0 Å². The molecule has 6 nitrogen and oxygen atoms in total. The molecule has 0 spiro atoms. The highest BCUT2D eigenvalue weighted by atomic mass is 19.1. The number of hydrogen-bond donors (Lipinski definition) is 1. The smallest absolute Gasteiger partial charge is 0.274 e. The van der Waals surface area contributed by atoms with E-state index in [4.69, 9.17) is 9.47 Å². The average molecular weight is 341 g/mol. The molecule has 0 bridgehead atoms. The molecule has 7 heteroatoms. The molecule has 128 valence electrons. The van der Waals surface area contributed by atoms with Crippen LogP contribution >= 0.6 is 0 Å². The summed E-state index contributed by atoms with van der Waals surface area (Å²) in [4.78, 5) is 16.7. The molecule has 1 aromatic heterocycles. The van der Waals surface area contributed by atoms with Crippen LogP contribution in [0.25, 0.3) is 5.69 Å². The van der Waals surface area contributed by atoms with E-state index in [-0.39, 0.29) is 11.7 Å². The normalized spacial score (nSPS) is 10.4. The summed E-state index contributed by atoms with van der Waals surface area (Å²) in [5.74, 6) is 0.356. The van der Waals surface area contributed by atoms with Crippen LogP contribution < -0.4 is 14.8 Å². The van der Waals surface area contributed by atoms with Crippen LogP contribution in [-0.2, 0) is 0 Å². The summed E-state index contributed by atoms with van der Waals surface area (Å²) >= 11 is 0. The van der Waals surface area contributed by atoms with E-state index in [0.29, 0.717) is 28.6 Å². The van der Waals surface area contributed by atoms with Crippen LogP contribution in [0.1, 0.15) is 10.5 Å². The number of carbonyl (C=O) groups is 1. The summed E-state index contributed by atoms with van der Waals surface area (Å²) < 4.78 is 25.1. The number of imidazole rings is 1. The van der Waals surface area contributed by atoms with Crippen LogP contribution in [-0.4, -0.2) is 29.7 Å². The molecule has 0 saturated heterocycles. The van der Waals surface area contributed by atoms with Gasteiger partial charge in [0.25, 0.3) is 5.91 Å². The van der Waals surface area contributed by atoms with Crippen molar-refractivity contribution in [3.8, 4) is 17.2 Å². The summed E-state index contributed by atoms with van der Waals surface area (Å²) in [5.41, 5.74) is 1.40. The molecule has 1 N–H and O–H groups in total. The Morgan fingerprint density at radius 1 is 1.12 bits per heavy atom. The molecule has 3 rings (SSSR count). The topological polar surface area (TPSA) is 65.4 Å². The quantitative estimate of drug-likeness (QED) is 0.773. The Morgan fingerprint density at radius 2 is 1.88 bits per heavy atom. The lowest BCUT2D eigenvalue weighted by Crippen LogP contribution is -2.16. The van der Waals surface area contributed by atoms with Crippen LogP contribution in [0.3, 0.4) is 0 Å². The van der Waals surface area contributed by atoms with Gasteiger partial charge >= 0.3 is 0 Å². The summed E-state index contributed by atoms with van der Waals surface area (Å²) in [6, 6.07) is 10.9. The summed E-state index contributed by atoms with van der Waals surface area (Å²) in [6.07, 6.45) is 2.93. The third kappa shape index (κ3) is 3.45. The summed E-state index contributed by atoms with van der Waals surface area (Å²) in [5, 5.41) is 2.78. The van der Waals surface area contributed by atoms with Crippen molar-refractivity contribution in [3.05, 3.63) is 66.5 Å². The third-order valence-corrected chi connectivity index (χ3v) is 3.63. The van der Waals surface area contributed by atoms with Crippen molar-refractivity contribution < 1.29 is 18.7 Å². The minimum Gasteiger partial charge on any atom is -0.497 e. The lowest BCUT2D eigenvalue weighted by Gasteiger charge is -2.13. The number of nitrogens with zero attached hydrogens (tertiary/aromatic N) is 2. The molecule has 0 aliphatic rings. The van der Waals surface area contributed by atoms with Gasteiger partial charge in [0.2, 0.25) is 0 Å². The predicted octanol–water partition coefficient (Wildman–Crippen LogP) is 3.28. The van der Waals surface area contributed by atoms with Crippen LogP contribution in [0.4, 0.5) is 10.1 Å². The SMILES string of the molecule is COc1ccc(OC)c(NC(=O)c2cncn2-c2ccc(F)cc2)c1. The van der Waals surface area contributed by atoms with Gasteiger partial charge in [-0.25, -0.2) is 9.37 Å². The molecular formula is C18H16FN3O3. The Labute approximate surface area is 143 Å². The number of benzene rings is 2. The number of rotatable bonds is 5. The maximum atomic E-state index is 13.1. The molecule has 0 aliphatic carbocycles. The van der Waals surface area contributed by atoms with E-state index in [1.54, 1.807) is 34.9 Å². The van der Waals surface area contributed by atoms with Gasteiger partial charge < -0.3 is 14.8 Å². The number of anilines is 1. The van der Waals surface area contributed by atoms with Crippen molar-refractivity contribution in [3.63, 3.8) is 0 Å². The van der Waals surface area contributed by atoms with Crippen molar-refractivity contribution in [1.82, 2.24) is 9.55 Å². The van der Waals surface area contributed by atoms with Crippen molar-refractivity contribution >= 4 is 11.6 Å². The van der Waals surface area contributed by atoms with Crippen molar-refractivity contribution in [2.75, 3.05) is 19.5 Å². The maximum absolute atomic E-state index is 13.1. The molecule has 3 aromatic rings. The molecule has 0 saturated carbocycles. The van der Waals surface area contributed by atoms with Gasteiger partial charge in [-0.1, -0.05) is 0 Å². The first-order valence-electron chi connectivity index (χ1n) is 7.44. The maximum Gasteiger partial charge on any atom is 0.274 e. The largest absolute Gasteiger partial charge is 0.497 e. The Balaban J connectivity index is 1.90. The van der Waals surface area contributed by atoms with Gasteiger partial charge in [0.05, 0.1) is 32.4 Å². The van der Waals surface area contributed by atoms with Gasteiger partial charge in [0.1, 0.15) is 23.0 Å². The zero-order valence-electron chi connectivity index (χ0n) is 13.7. The van der Waals surface area contributed by atoms with Gasteiger partial charge in [-0.2, -0.15) is 0 Å². The van der Waals surface area contributed by atoms with E-state index in [9.17, 15) is 9.18 Å². The highest BCUT2D eigenvalue weighted by molar-refractivity contribution is 6.04. The first kappa shape index (κ1) is 16.5. The number of methoxy groups -OCH3 is 2. The monoisotopic (exact) mass is 341 g/mol. The zero-order valence-corrected chi connectivity index (χ0v) is 13.7. The number of halogens is 1. The average Bonchev–Trinajstić information content (AvgIpc) is 3.12. The molecule has 0 radical (unpaired) electrons. The molecule has 0 atom stereocenters. The second-order valence-electron chi connectivity index (χ2n) is 5.15. The Bertz CT molecular complexity index is 891. The van der Waals surface area contributed by atoms with Crippen LogP contribution in [0.2, 0.25) is 0 Å². The van der Waals surface area contributed by atoms with Gasteiger partial charge in [0.15, 0.2) is 0 Å². The minimum atomic E-state index is -0.381. The van der Waals surface area contributed by atoms with E-state index in [2.05, 4.69) is 10.3 Å². The Kier molecular flexibility index (Phi) is 4.65. The molecular weight excluding hydrogens is 325 g/mol. The second kappa shape index (κ2) is 7.04. The highest BCUT2D eigenvalue weighted by Crippen LogP contribution is 2.29. The van der Waals surface area contributed by atoms with Crippen LogP contribution in [0.15, 0.2) is 55.0 Å². The van der Waals surface area contributed by atoms with E-state index in [1.165, 1.54) is 38.9 Å². The lowest BCUT2D eigenvalue weighted by molar-refractivity contribution is 0.102. The number of nitrogens with one attached hydrogen (secondary N) is 1. The van der Waals surface area contributed by atoms with Crippen molar-refractivity contribution in [2.24, 2.45) is 0 Å². The predicted molar refractivity (Wildman–Crippen MR) is 91.0 cm³/mol. The standard InChI is InChI=1S/C18H16FN3O3/c1-24-14-7-8-17(25-2)15(9-14)21-18(23)16-10-20-11-22(16)13-5-3-12(19)4-6-13/h3-11H,1-2H3,(H,21,23). The fraction of sp³-hybridized carbons (Fsp3) is 0.111. The molecule has 0 fully saturated rings. The summed E-state index contributed by atoms with van der Waals surface area (Å²) in [6.45, 7) is 0. The van der Waals surface area contributed by atoms with E-state index in [0.717, 1.165) is 0 Å². The molecule has 0 aliphatic heterocycles. The Hall–Kier alpha value is -3.35. The number of hydrogen-bond acceptors (Lipinski definition) is 4.